The summed E-state index contributed by atoms with van der Waals surface area (Å²) in [7, 11) is 0. The van der Waals surface area contributed by atoms with Gasteiger partial charge in [-0.3, -0.25) is 4.57 Å². The van der Waals surface area contributed by atoms with E-state index in [1.54, 1.807) is 6.08 Å². The molecular formula is C49H33N3O2. The Bertz CT molecular complexity index is 3240. The molecule has 0 radical (unpaired) electrons. The lowest BCUT2D eigenvalue weighted by Crippen LogP contribution is -2.26. The number of para-hydroxylation sites is 4. The Morgan fingerprint density at radius 3 is 2.24 bits per heavy atom. The second-order valence-electron chi connectivity index (χ2n) is 14.6. The third kappa shape index (κ3) is 4.09. The van der Waals surface area contributed by atoms with Crippen LogP contribution >= 0.6 is 0 Å². The number of rotatable bonds is 5. The fourth-order valence-corrected chi connectivity index (χ4v) is 8.79. The third-order valence-electron chi connectivity index (χ3n) is 11.4. The van der Waals surface area contributed by atoms with E-state index in [9.17, 15) is 0 Å². The molecule has 0 spiro atoms. The number of furan rings is 2. The molecule has 0 saturated heterocycles. The first kappa shape index (κ1) is 30.6. The number of nitrogens with zero attached hydrogens (tertiary/aromatic N) is 3. The normalized spacial score (nSPS) is 13.3. The predicted octanol–water partition coefficient (Wildman–Crippen LogP) is 13.1. The number of benzene rings is 6. The van der Waals surface area contributed by atoms with Gasteiger partial charge < -0.3 is 8.83 Å². The van der Waals surface area contributed by atoms with Crippen LogP contribution in [0.4, 0.5) is 0 Å². The lowest BCUT2D eigenvalue weighted by atomic mass is 9.74. The van der Waals surface area contributed by atoms with E-state index in [4.69, 9.17) is 18.8 Å². The second-order valence-corrected chi connectivity index (χ2v) is 14.6. The Morgan fingerprint density at radius 1 is 0.630 bits per heavy atom. The average Bonchev–Trinajstić information content (AvgIpc) is 3.88. The van der Waals surface area contributed by atoms with Crippen molar-refractivity contribution < 1.29 is 8.83 Å². The quantitative estimate of drug-likeness (QED) is 0.180. The zero-order valence-electron chi connectivity index (χ0n) is 29.9. The van der Waals surface area contributed by atoms with E-state index in [-0.39, 0.29) is 5.41 Å². The molecule has 1 aliphatic rings. The van der Waals surface area contributed by atoms with E-state index in [2.05, 4.69) is 117 Å². The van der Waals surface area contributed by atoms with Gasteiger partial charge in [0.05, 0.1) is 33.4 Å². The molecule has 0 saturated carbocycles. The van der Waals surface area contributed by atoms with Crippen LogP contribution in [0.1, 0.15) is 36.3 Å². The summed E-state index contributed by atoms with van der Waals surface area (Å²) < 4.78 is 15.3. The summed E-state index contributed by atoms with van der Waals surface area (Å²) in [5, 5.41) is 5.48. The molecule has 6 aromatic carbocycles. The highest BCUT2D eigenvalue weighted by Gasteiger charge is 2.36. The van der Waals surface area contributed by atoms with Gasteiger partial charge in [0.1, 0.15) is 16.9 Å². The van der Waals surface area contributed by atoms with Crippen molar-refractivity contribution in [3.8, 4) is 39.5 Å². The average molecular weight is 696 g/mol. The molecule has 1 aliphatic heterocycles. The molecule has 0 fully saturated rings. The number of aromatic nitrogens is 3. The zero-order valence-corrected chi connectivity index (χ0v) is 29.9. The van der Waals surface area contributed by atoms with Gasteiger partial charge >= 0.3 is 0 Å². The molecule has 0 atom stereocenters. The van der Waals surface area contributed by atoms with Gasteiger partial charge in [0.15, 0.2) is 5.82 Å². The van der Waals surface area contributed by atoms with E-state index in [0.717, 1.165) is 77.8 Å². The monoisotopic (exact) mass is 695 g/mol. The van der Waals surface area contributed by atoms with Gasteiger partial charge in [-0.05, 0) is 64.7 Å². The molecule has 5 heterocycles. The predicted molar refractivity (Wildman–Crippen MR) is 222 cm³/mol. The number of fused-ring (bicyclic) bond motifs is 9. The van der Waals surface area contributed by atoms with Gasteiger partial charge in [0, 0.05) is 38.1 Å². The van der Waals surface area contributed by atoms with Crippen molar-refractivity contribution in [2.24, 2.45) is 0 Å². The lowest BCUT2D eigenvalue weighted by molar-refractivity contribution is 0.604. The van der Waals surface area contributed by atoms with E-state index < -0.39 is 0 Å². The summed E-state index contributed by atoms with van der Waals surface area (Å²) in [6.45, 7) is 12.6. The van der Waals surface area contributed by atoms with Crippen LogP contribution in [-0.4, -0.2) is 14.5 Å². The van der Waals surface area contributed by atoms with E-state index in [1.807, 2.05) is 48.5 Å². The van der Waals surface area contributed by atoms with Crippen LogP contribution in [0, 0.1) is 0 Å². The van der Waals surface area contributed by atoms with Crippen LogP contribution < -0.4 is 0 Å². The van der Waals surface area contributed by atoms with Gasteiger partial charge in [0.25, 0.3) is 0 Å². The fraction of sp³-hybridized carbons (Fsp3) is 0.0612. The summed E-state index contributed by atoms with van der Waals surface area (Å²) in [5.41, 5.74) is 13.9. The molecule has 4 aromatic heterocycles. The smallest absolute Gasteiger partial charge is 0.213 e. The van der Waals surface area contributed by atoms with Crippen molar-refractivity contribution in [1.82, 2.24) is 14.5 Å². The molecule has 256 valence electrons. The molecule has 10 aromatic rings. The van der Waals surface area contributed by atoms with Gasteiger partial charge in [-0.2, -0.15) is 0 Å². The topological polar surface area (TPSA) is 57.0 Å². The first-order valence-corrected chi connectivity index (χ1v) is 18.2. The molecule has 0 bridgehead atoms. The van der Waals surface area contributed by atoms with E-state index in [1.165, 1.54) is 27.4 Å². The highest BCUT2D eigenvalue weighted by Crippen LogP contribution is 2.50. The van der Waals surface area contributed by atoms with E-state index >= 15 is 0 Å². The molecule has 0 aliphatic carbocycles. The summed E-state index contributed by atoms with van der Waals surface area (Å²) in [6.07, 6.45) is 3.53. The van der Waals surface area contributed by atoms with Crippen molar-refractivity contribution in [1.29, 1.82) is 0 Å². The Morgan fingerprint density at radius 2 is 1.37 bits per heavy atom. The van der Waals surface area contributed by atoms with Crippen molar-refractivity contribution in [3.05, 3.63) is 163 Å². The SMILES string of the molecule is C=Cc1oc2c(-c3nc(-c4cccc(-c5ccc6c(c5)C(C)(C)c5cccc7c8c9ccccc9oc8n-6c57)c4)c4ccccc4n3)cccc2c1C=C. The molecule has 5 heteroatoms. The van der Waals surface area contributed by atoms with Crippen LogP contribution in [-0.2, 0) is 5.41 Å². The van der Waals surface area contributed by atoms with Crippen molar-refractivity contribution >= 4 is 67.0 Å². The minimum atomic E-state index is -0.244. The van der Waals surface area contributed by atoms with Crippen LogP contribution in [0.5, 0.6) is 0 Å². The Hall–Kier alpha value is -6.98. The number of hydrogen-bond donors (Lipinski definition) is 0. The van der Waals surface area contributed by atoms with Crippen LogP contribution in [0.25, 0.3) is 106 Å². The van der Waals surface area contributed by atoms with Crippen molar-refractivity contribution in [2.45, 2.75) is 19.3 Å². The fourth-order valence-electron chi connectivity index (χ4n) is 8.79. The van der Waals surface area contributed by atoms with E-state index in [0.29, 0.717) is 11.6 Å². The maximum absolute atomic E-state index is 6.61. The van der Waals surface area contributed by atoms with Crippen molar-refractivity contribution in [3.63, 3.8) is 0 Å². The van der Waals surface area contributed by atoms with Crippen molar-refractivity contribution in [2.75, 3.05) is 0 Å². The second kappa shape index (κ2) is 11.0. The lowest BCUT2D eigenvalue weighted by Gasteiger charge is -2.34. The highest BCUT2D eigenvalue weighted by molar-refractivity contribution is 6.21. The number of hydrogen-bond acceptors (Lipinski definition) is 4. The summed E-state index contributed by atoms with van der Waals surface area (Å²) in [6, 6.07) is 44.8. The maximum Gasteiger partial charge on any atom is 0.213 e. The van der Waals surface area contributed by atoms with Gasteiger partial charge in [0.2, 0.25) is 5.71 Å². The Kier molecular flexibility index (Phi) is 6.25. The Balaban J connectivity index is 1.08. The Labute approximate surface area is 311 Å². The van der Waals surface area contributed by atoms with Crippen LogP contribution in [0.15, 0.2) is 149 Å². The zero-order chi connectivity index (χ0) is 36.3. The first-order valence-electron chi connectivity index (χ1n) is 18.2. The molecular weight excluding hydrogens is 663 g/mol. The maximum atomic E-state index is 6.61. The first-order chi connectivity index (χ1) is 26.4. The molecule has 0 unspecified atom stereocenters. The summed E-state index contributed by atoms with van der Waals surface area (Å²) in [4.78, 5) is 10.3. The highest BCUT2D eigenvalue weighted by atomic mass is 16.3. The third-order valence-corrected chi connectivity index (χ3v) is 11.4. The standard InChI is InChI=1S/C49H33N3O2/c1-5-31-32-18-12-20-36(46(32)53-41(31)6-2)47-50-39-22-9-7-16-33(39)44(51-47)30-15-11-14-28(26-30)29-24-25-40-38(27-29)49(3,4)37-21-13-19-35-43-34-17-8-10-23-42(34)54-48(43)52(40)45(35)37/h5-27H,1-2H2,3-4H3. The molecule has 11 rings (SSSR count). The van der Waals surface area contributed by atoms with Crippen LogP contribution in [0.3, 0.4) is 0 Å². The van der Waals surface area contributed by atoms with Gasteiger partial charge in [-0.25, -0.2) is 9.97 Å². The molecule has 5 nitrogen and oxygen atoms in total. The minimum absolute atomic E-state index is 0.244. The summed E-state index contributed by atoms with van der Waals surface area (Å²) >= 11 is 0. The largest absolute Gasteiger partial charge is 0.455 e. The molecule has 0 amide bonds. The van der Waals surface area contributed by atoms with Crippen LogP contribution in [0.2, 0.25) is 0 Å². The molecule has 0 N–H and O–H groups in total. The molecule has 54 heavy (non-hydrogen) atoms. The van der Waals surface area contributed by atoms with Gasteiger partial charge in [-0.15, -0.1) is 0 Å². The summed E-state index contributed by atoms with van der Waals surface area (Å²) in [5.74, 6) is 1.28. The van der Waals surface area contributed by atoms with Gasteiger partial charge in [-0.1, -0.05) is 124 Å². The minimum Gasteiger partial charge on any atom is -0.455 e.